The van der Waals surface area contributed by atoms with Crippen molar-refractivity contribution in [3.63, 3.8) is 0 Å². The molecule has 2 aromatic carbocycles. The Kier molecular flexibility index (Phi) is 4.80. The van der Waals surface area contributed by atoms with Gasteiger partial charge >= 0.3 is 5.97 Å². The van der Waals surface area contributed by atoms with Crippen LogP contribution in [0.25, 0.3) is 6.08 Å². The largest absolute Gasteiger partial charge is 0.465 e. The first-order valence-corrected chi connectivity index (χ1v) is 8.04. The van der Waals surface area contributed by atoms with E-state index in [2.05, 4.69) is 0 Å². The summed E-state index contributed by atoms with van der Waals surface area (Å²) in [6.45, 7) is 2.19. The molecule has 1 amide bonds. The monoisotopic (exact) mass is 333 g/mol. The Labute approximate surface area is 147 Å². The second-order valence-corrected chi connectivity index (χ2v) is 5.80. The third-order valence-corrected chi connectivity index (χ3v) is 4.20. The highest BCUT2D eigenvalue weighted by atomic mass is 16.5. The Balaban J connectivity index is 2.02. The maximum absolute atomic E-state index is 13.0. The Morgan fingerprint density at radius 2 is 1.64 bits per heavy atom. The molecule has 1 aliphatic heterocycles. The SMILES string of the molecule is COC(=O)C1=C(C)N(Cc2ccccc2)C(=O)/C1=C\c1ccccc1. The molecule has 0 saturated carbocycles. The quantitative estimate of drug-likeness (QED) is 0.635. The minimum atomic E-state index is -0.497. The predicted molar refractivity (Wildman–Crippen MR) is 96.1 cm³/mol. The highest BCUT2D eigenvalue weighted by Crippen LogP contribution is 2.32. The molecule has 0 radical (unpaired) electrons. The fourth-order valence-corrected chi connectivity index (χ4v) is 2.90. The maximum Gasteiger partial charge on any atom is 0.340 e. The summed E-state index contributed by atoms with van der Waals surface area (Å²) in [5, 5.41) is 0. The molecule has 0 atom stereocenters. The molecule has 0 bridgehead atoms. The molecule has 0 aromatic heterocycles. The highest BCUT2D eigenvalue weighted by molar-refractivity contribution is 6.16. The molecule has 0 unspecified atom stereocenters. The van der Waals surface area contributed by atoms with Crippen molar-refractivity contribution in [2.24, 2.45) is 0 Å². The van der Waals surface area contributed by atoms with Gasteiger partial charge in [0.2, 0.25) is 0 Å². The molecule has 4 nitrogen and oxygen atoms in total. The van der Waals surface area contributed by atoms with Crippen molar-refractivity contribution < 1.29 is 14.3 Å². The van der Waals surface area contributed by atoms with E-state index in [9.17, 15) is 9.59 Å². The van der Waals surface area contributed by atoms with Crippen LogP contribution in [-0.4, -0.2) is 23.9 Å². The van der Waals surface area contributed by atoms with Crippen LogP contribution in [0.1, 0.15) is 18.1 Å². The molecule has 3 rings (SSSR count). The average molecular weight is 333 g/mol. The van der Waals surface area contributed by atoms with Gasteiger partial charge in [0.25, 0.3) is 5.91 Å². The number of amides is 1. The van der Waals surface area contributed by atoms with Gasteiger partial charge in [0.15, 0.2) is 0 Å². The Morgan fingerprint density at radius 1 is 1.04 bits per heavy atom. The van der Waals surface area contributed by atoms with Gasteiger partial charge in [-0.15, -0.1) is 0 Å². The summed E-state index contributed by atoms with van der Waals surface area (Å²) in [5.41, 5.74) is 3.17. The number of carbonyl (C=O) groups is 2. The topological polar surface area (TPSA) is 46.6 Å². The second kappa shape index (κ2) is 7.18. The molecule has 0 aliphatic carbocycles. The molecule has 2 aromatic rings. The van der Waals surface area contributed by atoms with Crippen molar-refractivity contribution in [3.05, 3.63) is 88.6 Å². The van der Waals surface area contributed by atoms with E-state index < -0.39 is 5.97 Å². The summed E-state index contributed by atoms with van der Waals surface area (Å²) in [6.07, 6.45) is 1.74. The number of hydrogen-bond acceptors (Lipinski definition) is 3. The fourth-order valence-electron chi connectivity index (χ4n) is 2.90. The van der Waals surface area contributed by atoms with Crippen LogP contribution in [0.4, 0.5) is 0 Å². The number of allylic oxidation sites excluding steroid dienone is 1. The minimum absolute atomic E-state index is 0.189. The first-order valence-electron chi connectivity index (χ1n) is 8.04. The van der Waals surface area contributed by atoms with Crippen LogP contribution in [0.5, 0.6) is 0 Å². The highest BCUT2D eigenvalue weighted by Gasteiger charge is 2.36. The lowest BCUT2D eigenvalue weighted by atomic mass is 10.0. The van der Waals surface area contributed by atoms with Gasteiger partial charge in [0, 0.05) is 5.70 Å². The zero-order valence-corrected chi connectivity index (χ0v) is 14.2. The van der Waals surface area contributed by atoms with Crippen molar-refractivity contribution in [2.75, 3.05) is 7.11 Å². The van der Waals surface area contributed by atoms with Gasteiger partial charge < -0.3 is 9.64 Å². The average Bonchev–Trinajstić information content (AvgIpc) is 2.87. The molecule has 1 aliphatic rings. The van der Waals surface area contributed by atoms with Crippen LogP contribution >= 0.6 is 0 Å². The van der Waals surface area contributed by atoms with E-state index >= 15 is 0 Å². The van der Waals surface area contributed by atoms with Crippen LogP contribution < -0.4 is 0 Å². The van der Waals surface area contributed by atoms with E-state index in [0.29, 0.717) is 23.4 Å². The minimum Gasteiger partial charge on any atom is -0.465 e. The standard InChI is InChI=1S/C21H19NO3/c1-15-19(21(24)25-2)18(13-16-9-5-3-6-10-16)20(23)22(15)14-17-11-7-4-8-12-17/h3-13H,14H2,1-2H3/b18-13-. The number of methoxy groups -OCH3 is 1. The lowest BCUT2D eigenvalue weighted by molar-refractivity contribution is -0.136. The van der Waals surface area contributed by atoms with Gasteiger partial charge in [-0.3, -0.25) is 4.79 Å². The molecule has 1 heterocycles. The van der Waals surface area contributed by atoms with E-state index in [0.717, 1.165) is 11.1 Å². The Hall–Kier alpha value is -3.14. The second-order valence-electron chi connectivity index (χ2n) is 5.80. The summed E-state index contributed by atoms with van der Waals surface area (Å²) in [7, 11) is 1.33. The fraction of sp³-hybridized carbons (Fsp3) is 0.143. The smallest absolute Gasteiger partial charge is 0.340 e. The Bertz CT molecular complexity index is 851. The van der Waals surface area contributed by atoms with Gasteiger partial charge in [0.1, 0.15) is 0 Å². The van der Waals surface area contributed by atoms with Crippen LogP contribution in [0.15, 0.2) is 77.5 Å². The number of esters is 1. The molecular formula is C21H19NO3. The lowest BCUT2D eigenvalue weighted by Crippen LogP contribution is -2.24. The van der Waals surface area contributed by atoms with Crippen LogP contribution in [0, 0.1) is 0 Å². The van der Waals surface area contributed by atoms with E-state index in [1.807, 2.05) is 60.7 Å². The number of carbonyl (C=O) groups excluding carboxylic acids is 2. The number of ether oxygens (including phenoxy) is 1. The Morgan fingerprint density at radius 3 is 2.24 bits per heavy atom. The molecule has 126 valence electrons. The summed E-state index contributed by atoms with van der Waals surface area (Å²) < 4.78 is 4.90. The third kappa shape index (κ3) is 3.38. The van der Waals surface area contributed by atoms with E-state index in [1.54, 1.807) is 17.9 Å². The molecule has 0 spiro atoms. The number of nitrogens with zero attached hydrogens (tertiary/aromatic N) is 1. The van der Waals surface area contributed by atoms with Gasteiger partial charge in [0.05, 0.1) is 24.8 Å². The van der Waals surface area contributed by atoms with Crippen molar-refractivity contribution in [3.8, 4) is 0 Å². The van der Waals surface area contributed by atoms with E-state index in [-0.39, 0.29) is 5.91 Å². The predicted octanol–water partition coefficient (Wildman–Crippen LogP) is 3.56. The number of rotatable bonds is 4. The van der Waals surface area contributed by atoms with Crippen LogP contribution in [0.2, 0.25) is 0 Å². The summed E-state index contributed by atoms with van der Waals surface area (Å²) >= 11 is 0. The number of hydrogen-bond donors (Lipinski definition) is 0. The third-order valence-electron chi connectivity index (χ3n) is 4.20. The van der Waals surface area contributed by atoms with E-state index in [4.69, 9.17) is 4.74 Å². The van der Waals surface area contributed by atoms with E-state index in [1.165, 1.54) is 7.11 Å². The zero-order valence-electron chi connectivity index (χ0n) is 14.2. The van der Waals surface area contributed by atoms with Crippen LogP contribution in [0.3, 0.4) is 0 Å². The molecule has 0 N–H and O–H groups in total. The first kappa shape index (κ1) is 16.7. The summed E-state index contributed by atoms with van der Waals surface area (Å²) in [5.74, 6) is -0.686. The number of benzene rings is 2. The van der Waals surface area contributed by atoms with Gasteiger partial charge in [-0.05, 0) is 24.1 Å². The van der Waals surface area contributed by atoms with Crippen molar-refractivity contribution in [1.82, 2.24) is 4.90 Å². The van der Waals surface area contributed by atoms with Crippen molar-refractivity contribution in [1.29, 1.82) is 0 Å². The maximum atomic E-state index is 13.0. The lowest BCUT2D eigenvalue weighted by Gasteiger charge is -2.17. The first-order chi connectivity index (χ1) is 12.1. The van der Waals surface area contributed by atoms with Gasteiger partial charge in [-0.2, -0.15) is 0 Å². The molecule has 0 fully saturated rings. The molecule has 0 saturated heterocycles. The summed E-state index contributed by atoms with van der Waals surface area (Å²) in [6, 6.07) is 19.2. The molecule has 25 heavy (non-hydrogen) atoms. The molecule has 4 heteroatoms. The zero-order chi connectivity index (χ0) is 17.8. The summed E-state index contributed by atoms with van der Waals surface area (Å²) in [4.78, 5) is 26.9. The van der Waals surface area contributed by atoms with Crippen molar-refractivity contribution in [2.45, 2.75) is 13.5 Å². The van der Waals surface area contributed by atoms with Crippen molar-refractivity contribution >= 4 is 18.0 Å². The molecular weight excluding hydrogens is 314 g/mol. The van der Waals surface area contributed by atoms with Gasteiger partial charge in [-0.1, -0.05) is 60.7 Å². The normalized spacial score (nSPS) is 15.8. The van der Waals surface area contributed by atoms with Gasteiger partial charge in [-0.25, -0.2) is 4.79 Å². The van der Waals surface area contributed by atoms with Crippen LogP contribution in [-0.2, 0) is 20.9 Å².